The molecule has 0 fully saturated rings. The molecule has 106 valence electrons. The summed E-state index contributed by atoms with van der Waals surface area (Å²) >= 11 is 0. The minimum absolute atomic E-state index is 0.00310. The van der Waals surface area contributed by atoms with Crippen molar-refractivity contribution in [1.29, 1.82) is 0 Å². The van der Waals surface area contributed by atoms with Crippen molar-refractivity contribution in [3.63, 3.8) is 0 Å². The summed E-state index contributed by atoms with van der Waals surface area (Å²) in [7, 11) is 0. The molecule has 0 unspecified atom stereocenters. The zero-order valence-electron chi connectivity index (χ0n) is 10.8. The highest BCUT2D eigenvalue weighted by atomic mass is 19.3. The highest BCUT2D eigenvalue weighted by molar-refractivity contribution is 5.95. The predicted molar refractivity (Wildman–Crippen MR) is 67.9 cm³/mol. The van der Waals surface area contributed by atoms with Crippen LogP contribution in [0.3, 0.4) is 0 Å². The van der Waals surface area contributed by atoms with Crippen LogP contribution in [-0.2, 0) is 6.42 Å². The molecule has 20 heavy (non-hydrogen) atoms. The largest absolute Gasteiger partial charge is 0.477 e. The zero-order valence-corrected chi connectivity index (χ0v) is 10.8. The normalized spacial score (nSPS) is 11.0. The van der Waals surface area contributed by atoms with E-state index in [0.29, 0.717) is 17.7 Å². The van der Waals surface area contributed by atoms with Crippen LogP contribution in [0, 0.1) is 0 Å². The summed E-state index contributed by atoms with van der Waals surface area (Å²) in [6.07, 6.45) is -1.38. The number of aromatic nitrogens is 1. The third kappa shape index (κ3) is 2.68. The van der Waals surface area contributed by atoms with Crippen molar-refractivity contribution < 1.29 is 23.2 Å². The molecule has 1 heterocycles. The van der Waals surface area contributed by atoms with Crippen molar-refractivity contribution in [2.24, 2.45) is 0 Å². The average Bonchev–Trinajstić information content (AvgIpc) is 2.83. The molecule has 0 radical (unpaired) electrons. The van der Waals surface area contributed by atoms with Crippen LogP contribution in [0.25, 0.3) is 11.3 Å². The number of aromatic carboxylic acids is 1. The van der Waals surface area contributed by atoms with Crippen LogP contribution in [-0.4, -0.2) is 16.2 Å². The quantitative estimate of drug-likeness (QED) is 0.901. The lowest BCUT2D eigenvalue weighted by Crippen LogP contribution is -2.01. The Bertz CT molecular complexity index is 605. The Balaban J connectivity index is 2.44. The molecule has 6 heteroatoms. The minimum atomic E-state index is -2.56. The second kappa shape index (κ2) is 5.81. The average molecular weight is 281 g/mol. The number of hydrogen-bond acceptors (Lipinski definition) is 3. The first kappa shape index (κ1) is 14.2. The maximum Gasteiger partial charge on any atom is 0.341 e. The third-order valence-corrected chi connectivity index (χ3v) is 2.89. The van der Waals surface area contributed by atoms with Crippen LogP contribution < -0.4 is 0 Å². The molecular weight excluding hydrogens is 268 g/mol. The fourth-order valence-electron chi connectivity index (χ4n) is 1.93. The molecule has 2 rings (SSSR count). The highest BCUT2D eigenvalue weighted by Crippen LogP contribution is 2.28. The van der Waals surface area contributed by atoms with Crippen molar-refractivity contribution in [1.82, 2.24) is 5.16 Å². The number of nitrogens with zero attached hydrogens (tertiary/aromatic N) is 1. The summed E-state index contributed by atoms with van der Waals surface area (Å²) in [4.78, 5) is 11.3. The lowest BCUT2D eigenvalue weighted by Gasteiger charge is -2.02. The number of aryl methyl sites for hydroxylation is 1. The molecule has 1 N–H and O–H groups in total. The first-order valence-electron chi connectivity index (χ1n) is 6.15. The van der Waals surface area contributed by atoms with Crippen LogP contribution in [0.1, 0.15) is 41.5 Å². The molecule has 2 aromatic rings. The summed E-state index contributed by atoms with van der Waals surface area (Å²) in [5.41, 5.74) is 0.485. The lowest BCUT2D eigenvalue weighted by atomic mass is 10.0. The Hall–Kier alpha value is -2.24. The van der Waals surface area contributed by atoms with Gasteiger partial charge in [0.15, 0.2) is 5.76 Å². The fraction of sp³-hybridized carbons (Fsp3) is 0.286. The highest BCUT2D eigenvalue weighted by Gasteiger charge is 2.23. The van der Waals surface area contributed by atoms with Gasteiger partial charge in [0.25, 0.3) is 6.43 Å². The van der Waals surface area contributed by atoms with E-state index >= 15 is 0 Å². The van der Waals surface area contributed by atoms with E-state index in [1.54, 1.807) is 0 Å². The molecule has 0 bridgehead atoms. The number of benzene rings is 1. The van der Waals surface area contributed by atoms with Crippen LogP contribution in [0.15, 0.2) is 28.8 Å². The van der Waals surface area contributed by atoms with Gasteiger partial charge >= 0.3 is 5.97 Å². The molecular formula is C14H13F2NO3. The molecule has 4 nitrogen and oxygen atoms in total. The van der Waals surface area contributed by atoms with Crippen LogP contribution in [0.2, 0.25) is 0 Å². The molecule has 0 atom stereocenters. The number of rotatable bonds is 5. The van der Waals surface area contributed by atoms with Crippen LogP contribution in [0.5, 0.6) is 0 Å². The molecule has 0 amide bonds. The Labute approximate surface area is 114 Å². The van der Waals surface area contributed by atoms with Crippen molar-refractivity contribution in [3.8, 4) is 11.3 Å². The van der Waals surface area contributed by atoms with E-state index in [4.69, 9.17) is 4.52 Å². The van der Waals surface area contributed by atoms with E-state index in [1.807, 2.05) is 6.92 Å². The number of carbonyl (C=O) groups is 1. The van der Waals surface area contributed by atoms with Gasteiger partial charge in [-0.15, -0.1) is 0 Å². The first-order valence-corrected chi connectivity index (χ1v) is 6.15. The van der Waals surface area contributed by atoms with Gasteiger partial charge in [0.05, 0.1) is 0 Å². The summed E-state index contributed by atoms with van der Waals surface area (Å²) in [6, 6.07) is 5.34. The van der Waals surface area contributed by atoms with Gasteiger partial charge < -0.3 is 9.63 Å². The molecule has 0 aliphatic heterocycles. The van der Waals surface area contributed by atoms with E-state index in [1.165, 1.54) is 24.3 Å². The van der Waals surface area contributed by atoms with Gasteiger partial charge in [0.1, 0.15) is 11.3 Å². The van der Waals surface area contributed by atoms with Crippen molar-refractivity contribution >= 4 is 5.97 Å². The van der Waals surface area contributed by atoms with Gasteiger partial charge in [0, 0.05) is 17.5 Å². The van der Waals surface area contributed by atoms with Gasteiger partial charge in [-0.05, 0) is 6.42 Å². The van der Waals surface area contributed by atoms with Gasteiger partial charge in [-0.25, -0.2) is 13.6 Å². The molecule has 1 aromatic heterocycles. The summed E-state index contributed by atoms with van der Waals surface area (Å²) < 4.78 is 30.0. The van der Waals surface area contributed by atoms with Crippen molar-refractivity contribution in [2.75, 3.05) is 0 Å². The minimum Gasteiger partial charge on any atom is -0.477 e. The molecule has 0 spiro atoms. The number of carboxylic acids is 1. The Morgan fingerprint density at radius 3 is 2.50 bits per heavy atom. The smallest absolute Gasteiger partial charge is 0.341 e. The lowest BCUT2D eigenvalue weighted by molar-refractivity contribution is 0.0695. The van der Waals surface area contributed by atoms with Gasteiger partial charge in [-0.3, -0.25) is 0 Å². The number of alkyl halides is 2. The number of halogens is 2. The van der Waals surface area contributed by atoms with Crippen LogP contribution >= 0.6 is 0 Å². The van der Waals surface area contributed by atoms with E-state index in [9.17, 15) is 18.7 Å². The SMILES string of the molecule is CCCc1onc(-c2ccc(C(F)F)cc2)c1C(=O)O. The van der Waals surface area contributed by atoms with Crippen molar-refractivity contribution in [2.45, 2.75) is 26.2 Å². The molecule has 0 aliphatic carbocycles. The fourth-order valence-corrected chi connectivity index (χ4v) is 1.93. The monoisotopic (exact) mass is 281 g/mol. The third-order valence-electron chi connectivity index (χ3n) is 2.89. The Kier molecular flexibility index (Phi) is 4.12. The predicted octanol–water partition coefficient (Wildman–Crippen LogP) is 3.93. The zero-order chi connectivity index (χ0) is 14.7. The van der Waals surface area contributed by atoms with E-state index in [2.05, 4.69) is 5.16 Å². The first-order chi connectivity index (χ1) is 9.54. The van der Waals surface area contributed by atoms with Crippen molar-refractivity contribution in [3.05, 3.63) is 41.2 Å². The standard InChI is InChI=1S/C14H13F2NO3/c1-2-3-10-11(14(18)19)12(17-20-10)8-4-6-9(7-5-8)13(15)16/h4-7,13H,2-3H2,1H3,(H,18,19). The summed E-state index contributed by atoms with van der Waals surface area (Å²) in [5, 5.41) is 13.0. The topological polar surface area (TPSA) is 63.3 Å². The van der Waals surface area contributed by atoms with E-state index < -0.39 is 12.4 Å². The van der Waals surface area contributed by atoms with Gasteiger partial charge in [-0.1, -0.05) is 36.3 Å². The summed E-state index contributed by atoms with van der Waals surface area (Å²) in [6.45, 7) is 1.89. The Morgan fingerprint density at radius 2 is 2.00 bits per heavy atom. The molecule has 0 saturated heterocycles. The molecule has 1 aromatic carbocycles. The maximum absolute atomic E-state index is 12.5. The van der Waals surface area contributed by atoms with Gasteiger partial charge in [-0.2, -0.15) is 0 Å². The molecule has 0 saturated carbocycles. The van der Waals surface area contributed by atoms with Crippen LogP contribution in [0.4, 0.5) is 8.78 Å². The summed E-state index contributed by atoms with van der Waals surface area (Å²) in [5.74, 6) is -0.837. The van der Waals surface area contributed by atoms with E-state index in [-0.39, 0.29) is 16.8 Å². The second-order valence-corrected chi connectivity index (χ2v) is 4.31. The molecule has 0 aliphatic rings. The number of hydrogen-bond donors (Lipinski definition) is 1. The maximum atomic E-state index is 12.5. The Morgan fingerprint density at radius 1 is 1.35 bits per heavy atom. The number of carboxylic acid groups (broad SMARTS) is 1. The van der Waals surface area contributed by atoms with Gasteiger partial charge in [0.2, 0.25) is 0 Å². The van der Waals surface area contributed by atoms with E-state index in [0.717, 1.165) is 6.42 Å². The second-order valence-electron chi connectivity index (χ2n) is 4.31.